The Labute approximate surface area is 167 Å². The van der Waals surface area contributed by atoms with Crippen molar-refractivity contribution in [1.82, 2.24) is 19.9 Å². The van der Waals surface area contributed by atoms with E-state index in [4.69, 9.17) is 11.6 Å². The van der Waals surface area contributed by atoms with E-state index in [9.17, 15) is 12.8 Å². The SMILES string of the molecule is Cc1cc(C)nc(NC(c2ccc(F)c(Cl)c2)c2nc(S(C)(=O)=O)c(C)[nH]2)n1. The summed E-state index contributed by atoms with van der Waals surface area (Å²) in [6, 6.07) is 5.39. The highest BCUT2D eigenvalue weighted by Crippen LogP contribution is 2.28. The van der Waals surface area contributed by atoms with Crippen LogP contribution < -0.4 is 5.32 Å². The van der Waals surface area contributed by atoms with E-state index >= 15 is 0 Å². The molecule has 0 spiro atoms. The molecule has 2 aromatic heterocycles. The van der Waals surface area contributed by atoms with Crippen molar-refractivity contribution in [3.05, 3.63) is 63.6 Å². The summed E-state index contributed by atoms with van der Waals surface area (Å²) < 4.78 is 37.6. The highest BCUT2D eigenvalue weighted by Gasteiger charge is 2.24. The third-order valence-corrected chi connectivity index (χ3v) is 5.41. The molecule has 2 heterocycles. The third-order valence-electron chi connectivity index (χ3n) is 4.02. The van der Waals surface area contributed by atoms with Gasteiger partial charge in [0.15, 0.2) is 14.9 Å². The minimum atomic E-state index is -3.52. The topological polar surface area (TPSA) is 101 Å². The summed E-state index contributed by atoms with van der Waals surface area (Å²) in [6.07, 6.45) is 1.09. The van der Waals surface area contributed by atoms with Gasteiger partial charge in [-0.25, -0.2) is 27.8 Å². The maximum Gasteiger partial charge on any atom is 0.223 e. The minimum Gasteiger partial charge on any atom is -0.343 e. The molecule has 1 unspecified atom stereocenters. The Kier molecular flexibility index (Phi) is 5.40. The second-order valence-electron chi connectivity index (χ2n) is 6.55. The number of sulfone groups is 1. The Bertz CT molecular complexity index is 1130. The maximum absolute atomic E-state index is 13.6. The van der Waals surface area contributed by atoms with Crippen LogP contribution in [0.1, 0.15) is 34.5 Å². The summed E-state index contributed by atoms with van der Waals surface area (Å²) in [5, 5.41) is 3.03. The fourth-order valence-electron chi connectivity index (χ4n) is 2.89. The molecule has 0 aliphatic heterocycles. The molecule has 0 radical (unpaired) electrons. The van der Waals surface area contributed by atoms with Crippen molar-refractivity contribution >= 4 is 27.4 Å². The molecule has 7 nitrogen and oxygen atoms in total. The molecule has 1 atom stereocenters. The lowest BCUT2D eigenvalue weighted by molar-refractivity contribution is 0.597. The number of benzene rings is 1. The molecule has 3 aromatic rings. The smallest absolute Gasteiger partial charge is 0.223 e. The van der Waals surface area contributed by atoms with E-state index in [1.807, 2.05) is 19.9 Å². The van der Waals surface area contributed by atoms with Crippen LogP contribution in [0.3, 0.4) is 0 Å². The normalized spacial score (nSPS) is 12.8. The molecule has 1 aromatic carbocycles. The van der Waals surface area contributed by atoms with Crippen LogP contribution in [-0.2, 0) is 9.84 Å². The summed E-state index contributed by atoms with van der Waals surface area (Å²) >= 11 is 5.95. The van der Waals surface area contributed by atoms with Crippen LogP contribution in [-0.4, -0.2) is 34.6 Å². The quantitative estimate of drug-likeness (QED) is 0.651. The van der Waals surface area contributed by atoms with Crippen LogP contribution in [0.25, 0.3) is 0 Å². The Morgan fingerprint density at radius 2 is 1.75 bits per heavy atom. The van der Waals surface area contributed by atoms with Crippen LogP contribution in [0.2, 0.25) is 5.02 Å². The van der Waals surface area contributed by atoms with Gasteiger partial charge in [0.2, 0.25) is 5.95 Å². The molecule has 0 fully saturated rings. The largest absolute Gasteiger partial charge is 0.343 e. The Morgan fingerprint density at radius 3 is 2.29 bits per heavy atom. The van der Waals surface area contributed by atoms with Gasteiger partial charge in [0, 0.05) is 17.6 Å². The Balaban J connectivity index is 2.12. The monoisotopic (exact) mass is 423 g/mol. The first-order valence-electron chi connectivity index (χ1n) is 8.35. The first-order valence-corrected chi connectivity index (χ1v) is 10.6. The summed E-state index contributed by atoms with van der Waals surface area (Å²) in [4.78, 5) is 15.9. The zero-order valence-corrected chi connectivity index (χ0v) is 17.3. The number of imidazole rings is 1. The number of hydrogen-bond donors (Lipinski definition) is 2. The molecule has 0 amide bonds. The van der Waals surface area contributed by atoms with Gasteiger partial charge in [-0.05, 0) is 44.5 Å². The molecule has 2 N–H and O–H groups in total. The van der Waals surface area contributed by atoms with E-state index in [0.29, 0.717) is 23.0 Å². The number of halogens is 2. The number of anilines is 1. The standard InChI is InChI=1S/C18H19ClFN5O2S/c1-9-7-10(2)22-18(21-9)24-15(12-5-6-14(20)13(19)8-12)16-23-11(3)17(25-16)28(4,26)27/h5-8,15H,1-4H3,(H,23,25)(H,21,22,24). The van der Waals surface area contributed by atoms with Gasteiger partial charge in [-0.1, -0.05) is 17.7 Å². The number of aromatic nitrogens is 4. The minimum absolute atomic E-state index is 0.0520. The second-order valence-corrected chi connectivity index (χ2v) is 8.89. The number of aryl methyl sites for hydroxylation is 3. The van der Waals surface area contributed by atoms with Crippen LogP contribution in [0.4, 0.5) is 10.3 Å². The van der Waals surface area contributed by atoms with Crippen molar-refractivity contribution in [3.8, 4) is 0 Å². The molecule has 0 aliphatic rings. The van der Waals surface area contributed by atoms with E-state index in [-0.39, 0.29) is 10.0 Å². The van der Waals surface area contributed by atoms with Crippen LogP contribution >= 0.6 is 11.6 Å². The van der Waals surface area contributed by atoms with Gasteiger partial charge in [-0.15, -0.1) is 0 Å². The number of hydrogen-bond acceptors (Lipinski definition) is 6. The van der Waals surface area contributed by atoms with Crippen LogP contribution in [0.5, 0.6) is 0 Å². The average Bonchev–Trinajstić information content (AvgIpc) is 2.96. The molecule has 3 rings (SSSR count). The summed E-state index contributed by atoms with van der Waals surface area (Å²) in [5.41, 5.74) is 2.50. The summed E-state index contributed by atoms with van der Waals surface area (Å²) in [5.74, 6) is 0.0977. The lowest BCUT2D eigenvalue weighted by atomic mass is 10.1. The highest BCUT2D eigenvalue weighted by atomic mass is 35.5. The lowest BCUT2D eigenvalue weighted by Crippen LogP contribution is -2.17. The van der Waals surface area contributed by atoms with E-state index in [1.165, 1.54) is 12.1 Å². The summed E-state index contributed by atoms with van der Waals surface area (Å²) in [7, 11) is -3.52. The van der Waals surface area contributed by atoms with Crippen molar-refractivity contribution in [2.45, 2.75) is 31.8 Å². The zero-order chi connectivity index (χ0) is 20.6. The average molecular weight is 424 g/mol. The Morgan fingerprint density at radius 1 is 1.11 bits per heavy atom. The van der Waals surface area contributed by atoms with E-state index < -0.39 is 21.7 Å². The van der Waals surface area contributed by atoms with Gasteiger partial charge in [0.05, 0.1) is 10.7 Å². The van der Waals surface area contributed by atoms with Gasteiger partial charge in [-0.3, -0.25) is 0 Å². The van der Waals surface area contributed by atoms with E-state index in [0.717, 1.165) is 17.6 Å². The van der Waals surface area contributed by atoms with Crippen molar-refractivity contribution in [2.24, 2.45) is 0 Å². The number of nitrogens with one attached hydrogen (secondary N) is 2. The molecule has 148 valence electrons. The molecular weight excluding hydrogens is 405 g/mol. The van der Waals surface area contributed by atoms with Crippen molar-refractivity contribution in [1.29, 1.82) is 0 Å². The third kappa shape index (κ3) is 4.31. The molecular formula is C18H19ClFN5O2S. The number of nitrogens with zero attached hydrogens (tertiary/aromatic N) is 3. The van der Waals surface area contributed by atoms with Crippen LogP contribution in [0, 0.1) is 26.6 Å². The number of aromatic amines is 1. The molecule has 0 saturated heterocycles. The van der Waals surface area contributed by atoms with Gasteiger partial charge in [0.1, 0.15) is 17.7 Å². The van der Waals surface area contributed by atoms with Crippen molar-refractivity contribution < 1.29 is 12.8 Å². The predicted octanol–water partition coefficient (Wildman–Crippen LogP) is 3.52. The van der Waals surface area contributed by atoms with Gasteiger partial charge < -0.3 is 10.3 Å². The number of rotatable bonds is 5. The first kappa shape index (κ1) is 20.2. The molecule has 0 aliphatic carbocycles. The fourth-order valence-corrected chi connectivity index (χ4v) is 3.95. The summed E-state index contributed by atoms with van der Waals surface area (Å²) in [6.45, 7) is 5.29. The van der Waals surface area contributed by atoms with Crippen molar-refractivity contribution in [3.63, 3.8) is 0 Å². The van der Waals surface area contributed by atoms with Gasteiger partial charge in [-0.2, -0.15) is 0 Å². The maximum atomic E-state index is 13.6. The Hall–Kier alpha value is -2.52. The fraction of sp³-hybridized carbons (Fsp3) is 0.278. The van der Waals surface area contributed by atoms with Gasteiger partial charge >= 0.3 is 0 Å². The first-order chi connectivity index (χ1) is 13.0. The molecule has 0 bridgehead atoms. The van der Waals surface area contributed by atoms with Crippen molar-refractivity contribution in [2.75, 3.05) is 11.6 Å². The zero-order valence-electron chi connectivity index (χ0n) is 15.7. The van der Waals surface area contributed by atoms with E-state index in [2.05, 4.69) is 25.3 Å². The second kappa shape index (κ2) is 7.48. The molecule has 10 heteroatoms. The van der Waals surface area contributed by atoms with Crippen LogP contribution in [0.15, 0.2) is 29.3 Å². The molecule has 28 heavy (non-hydrogen) atoms. The van der Waals surface area contributed by atoms with Gasteiger partial charge in [0.25, 0.3) is 0 Å². The highest BCUT2D eigenvalue weighted by molar-refractivity contribution is 7.90. The predicted molar refractivity (Wildman–Crippen MR) is 105 cm³/mol. The van der Waals surface area contributed by atoms with E-state index in [1.54, 1.807) is 13.0 Å². The number of H-pyrrole nitrogens is 1. The lowest BCUT2D eigenvalue weighted by Gasteiger charge is -2.18. The molecule has 0 saturated carbocycles.